The van der Waals surface area contributed by atoms with E-state index in [1.54, 1.807) is 0 Å². The highest BCUT2D eigenvalue weighted by Crippen LogP contribution is 2.31. The fourth-order valence-electron chi connectivity index (χ4n) is 2.54. The molecule has 0 aromatic rings. The van der Waals surface area contributed by atoms with Gasteiger partial charge in [0.2, 0.25) is 10.0 Å². The summed E-state index contributed by atoms with van der Waals surface area (Å²) < 4.78 is 61.3. The molecule has 17 heavy (non-hydrogen) atoms. The van der Waals surface area contributed by atoms with E-state index in [9.17, 15) is 21.6 Å². The molecule has 0 aliphatic carbocycles. The minimum atomic E-state index is -4.42. The lowest BCUT2D eigenvalue weighted by atomic mass is 10.2. The SMILES string of the molecule is O=S(=O)(CCC(F)(F)F)N1C2CCC1CNC2. The Labute approximate surface area is 98.2 Å². The number of rotatable bonds is 3. The molecule has 2 aliphatic rings. The standard InChI is InChI=1S/C9H15F3N2O2S/c10-9(11,12)3-4-17(15,16)14-7-1-2-8(14)6-13-5-7/h7-8,13H,1-6H2. The average Bonchev–Trinajstić information content (AvgIpc) is 2.47. The highest BCUT2D eigenvalue weighted by Gasteiger charge is 2.44. The molecule has 0 radical (unpaired) electrons. The zero-order chi connectivity index (χ0) is 12.7. The maximum Gasteiger partial charge on any atom is 0.390 e. The molecule has 2 aliphatic heterocycles. The molecule has 8 heteroatoms. The van der Waals surface area contributed by atoms with Gasteiger partial charge in [0.25, 0.3) is 0 Å². The lowest BCUT2D eigenvalue weighted by Crippen LogP contribution is -2.54. The predicted molar refractivity (Wildman–Crippen MR) is 56.0 cm³/mol. The molecule has 0 amide bonds. The van der Waals surface area contributed by atoms with Crippen LogP contribution in [0.3, 0.4) is 0 Å². The van der Waals surface area contributed by atoms with Gasteiger partial charge in [-0.15, -0.1) is 0 Å². The summed E-state index contributed by atoms with van der Waals surface area (Å²) in [5, 5.41) is 3.09. The Hall–Kier alpha value is -0.340. The Kier molecular flexibility index (Phi) is 3.39. The van der Waals surface area contributed by atoms with Gasteiger partial charge in [0.1, 0.15) is 0 Å². The van der Waals surface area contributed by atoms with Crippen molar-refractivity contribution in [1.82, 2.24) is 9.62 Å². The summed E-state index contributed by atoms with van der Waals surface area (Å²) in [5.41, 5.74) is 0. The van der Waals surface area contributed by atoms with Gasteiger partial charge in [-0.3, -0.25) is 0 Å². The quantitative estimate of drug-likeness (QED) is 0.823. The predicted octanol–water partition coefficient (Wildman–Crippen LogP) is 0.705. The van der Waals surface area contributed by atoms with Gasteiger partial charge < -0.3 is 5.32 Å². The van der Waals surface area contributed by atoms with E-state index >= 15 is 0 Å². The normalized spacial score (nSPS) is 30.8. The molecule has 0 aromatic carbocycles. The van der Waals surface area contributed by atoms with Crippen molar-refractivity contribution in [2.24, 2.45) is 0 Å². The minimum absolute atomic E-state index is 0.160. The Morgan fingerprint density at radius 1 is 1.18 bits per heavy atom. The van der Waals surface area contributed by atoms with Crippen LogP contribution >= 0.6 is 0 Å². The zero-order valence-corrected chi connectivity index (χ0v) is 10.0. The number of fused-ring (bicyclic) bond motifs is 2. The Morgan fingerprint density at radius 3 is 2.18 bits per heavy atom. The van der Waals surface area contributed by atoms with E-state index in [2.05, 4.69) is 5.32 Å². The third kappa shape index (κ3) is 2.92. The molecule has 2 fully saturated rings. The maximum atomic E-state index is 12.1. The smallest absolute Gasteiger partial charge is 0.314 e. The second-order valence-electron chi connectivity index (χ2n) is 4.55. The van der Waals surface area contributed by atoms with Gasteiger partial charge in [-0.1, -0.05) is 0 Å². The van der Waals surface area contributed by atoms with Crippen molar-refractivity contribution in [2.45, 2.75) is 37.5 Å². The molecular formula is C9H15F3N2O2S. The van der Waals surface area contributed by atoms with Crippen LogP contribution < -0.4 is 5.32 Å². The summed E-state index contributed by atoms with van der Waals surface area (Å²) in [7, 11) is -3.78. The summed E-state index contributed by atoms with van der Waals surface area (Å²) in [6.45, 7) is 1.09. The first kappa shape index (κ1) is 13.1. The number of halogens is 3. The molecule has 2 atom stereocenters. The van der Waals surface area contributed by atoms with Gasteiger partial charge in [-0.25, -0.2) is 8.42 Å². The Morgan fingerprint density at radius 2 is 1.71 bits per heavy atom. The van der Waals surface area contributed by atoms with Crippen LogP contribution in [0.4, 0.5) is 13.2 Å². The van der Waals surface area contributed by atoms with Crippen molar-refractivity contribution in [3.8, 4) is 0 Å². The summed E-state index contributed by atoms with van der Waals surface area (Å²) in [6, 6.07) is -0.320. The van der Waals surface area contributed by atoms with Crippen molar-refractivity contribution in [2.75, 3.05) is 18.8 Å². The van der Waals surface area contributed by atoms with E-state index in [1.807, 2.05) is 0 Å². The minimum Gasteiger partial charge on any atom is -0.314 e. The van der Waals surface area contributed by atoms with Crippen LogP contribution in [0.1, 0.15) is 19.3 Å². The van der Waals surface area contributed by atoms with Crippen molar-refractivity contribution >= 4 is 10.0 Å². The van der Waals surface area contributed by atoms with Crippen LogP contribution in [0, 0.1) is 0 Å². The number of piperazine rings is 1. The van der Waals surface area contributed by atoms with E-state index < -0.39 is 28.4 Å². The third-order valence-electron chi connectivity index (χ3n) is 3.28. The van der Waals surface area contributed by atoms with E-state index in [-0.39, 0.29) is 12.1 Å². The Balaban J connectivity index is 2.06. The first-order chi connectivity index (χ1) is 7.80. The highest BCUT2D eigenvalue weighted by molar-refractivity contribution is 7.89. The summed E-state index contributed by atoms with van der Waals surface area (Å²) in [6.07, 6.45) is -4.20. The van der Waals surface area contributed by atoms with E-state index in [4.69, 9.17) is 0 Å². The van der Waals surface area contributed by atoms with Gasteiger partial charge in [0, 0.05) is 25.2 Å². The van der Waals surface area contributed by atoms with Crippen LogP contribution in [0.25, 0.3) is 0 Å². The topological polar surface area (TPSA) is 49.4 Å². The fourth-order valence-corrected chi connectivity index (χ4v) is 4.51. The van der Waals surface area contributed by atoms with Gasteiger partial charge in [-0.05, 0) is 12.8 Å². The van der Waals surface area contributed by atoms with E-state index in [0.29, 0.717) is 13.1 Å². The molecule has 2 heterocycles. The molecule has 0 spiro atoms. The largest absolute Gasteiger partial charge is 0.390 e. The molecule has 4 nitrogen and oxygen atoms in total. The van der Waals surface area contributed by atoms with Crippen LogP contribution in [-0.4, -0.2) is 49.8 Å². The Bertz CT molecular complexity index is 366. The van der Waals surface area contributed by atoms with E-state index in [1.165, 1.54) is 4.31 Å². The first-order valence-corrected chi connectivity index (χ1v) is 7.19. The van der Waals surface area contributed by atoms with Crippen LogP contribution in [0.15, 0.2) is 0 Å². The lowest BCUT2D eigenvalue weighted by molar-refractivity contribution is -0.130. The van der Waals surface area contributed by atoms with Gasteiger partial charge in [0.05, 0.1) is 12.2 Å². The molecule has 2 rings (SSSR count). The molecule has 2 bridgehead atoms. The molecule has 0 aromatic heterocycles. The van der Waals surface area contributed by atoms with Crippen LogP contribution in [0.5, 0.6) is 0 Å². The number of sulfonamides is 1. The van der Waals surface area contributed by atoms with Crippen LogP contribution in [-0.2, 0) is 10.0 Å². The van der Waals surface area contributed by atoms with Crippen LogP contribution in [0.2, 0.25) is 0 Å². The van der Waals surface area contributed by atoms with Crippen molar-refractivity contribution < 1.29 is 21.6 Å². The number of nitrogens with one attached hydrogen (secondary N) is 1. The monoisotopic (exact) mass is 272 g/mol. The summed E-state index contributed by atoms with van der Waals surface area (Å²) in [4.78, 5) is 0. The molecule has 0 saturated carbocycles. The number of alkyl halides is 3. The number of hydrogen-bond donors (Lipinski definition) is 1. The highest BCUT2D eigenvalue weighted by atomic mass is 32.2. The fraction of sp³-hybridized carbons (Fsp3) is 1.00. The van der Waals surface area contributed by atoms with Crippen molar-refractivity contribution in [3.05, 3.63) is 0 Å². The second kappa shape index (κ2) is 4.40. The van der Waals surface area contributed by atoms with Gasteiger partial charge in [0.15, 0.2) is 0 Å². The van der Waals surface area contributed by atoms with E-state index in [0.717, 1.165) is 12.8 Å². The zero-order valence-electron chi connectivity index (χ0n) is 9.20. The molecule has 100 valence electrons. The molecular weight excluding hydrogens is 257 g/mol. The maximum absolute atomic E-state index is 12.1. The van der Waals surface area contributed by atoms with Gasteiger partial charge >= 0.3 is 6.18 Å². The third-order valence-corrected chi connectivity index (χ3v) is 5.24. The second-order valence-corrected chi connectivity index (χ2v) is 6.55. The van der Waals surface area contributed by atoms with Crippen molar-refractivity contribution in [3.63, 3.8) is 0 Å². The molecule has 2 unspecified atom stereocenters. The van der Waals surface area contributed by atoms with Gasteiger partial charge in [-0.2, -0.15) is 17.5 Å². The number of hydrogen-bond acceptors (Lipinski definition) is 3. The summed E-state index contributed by atoms with van der Waals surface area (Å²) in [5.74, 6) is -0.830. The van der Waals surface area contributed by atoms with Crippen molar-refractivity contribution in [1.29, 1.82) is 0 Å². The summed E-state index contributed by atoms with van der Waals surface area (Å²) >= 11 is 0. The first-order valence-electron chi connectivity index (χ1n) is 5.58. The lowest BCUT2D eigenvalue weighted by Gasteiger charge is -2.34. The molecule has 2 saturated heterocycles. The number of nitrogens with zero attached hydrogens (tertiary/aromatic N) is 1. The average molecular weight is 272 g/mol. The molecule has 1 N–H and O–H groups in total.